The summed E-state index contributed by atoms with van der Waals surface area (Å²) in [6.45, 7) is 0. The van der Waals surface area contributed by atoms with Gasteiger partial charge in [0, 0.05) is 24.7 Å². The van der Waals surface area contributed by atoms with E-state index < -0.39 is 9.05 Å². The summed E-state index contributed by atoms with van der Waals surface area (Å²) in [5.74, 6) is 0. The molecule has 0 unspecified atom stereocenters. The Morgan fingerprint density at radius 3 is 0.917 bits per heavy atom. The third-order valence-corrected chi connectivity index (χ3v) is 0. The fourth-order valence-electron chi connectivity index (χ4n) is 0. The van der Waals surface area contributed by atoms with Crippen molar-refractivity contribution in [2.24, 2.45) is 0 Å². The zero-order valence-corrected chi connectivity index (χ0v) is 7.48. The van der Waals surface area contributed by atoms with E-state index in [2.05, 4.69) is 11.2 Å². The van der Waals surface area contributed by atoms with Crippen LogP contribution in [0.1, 0.15) is 0 Å². The topological polar surface area (TPSA) is 215 Å². The summed E-state index contributed by atoms with van der Waals surface area (Å²) in [4.78, 5) is 0. The van der Waals surface area contributed by atoms with Crippen molar-refractivity contribution in [1.82, 2.24) is 0 Å². The molecule has 12 heavy (non-hydrogen) atoms. The van der Waals surface area contributed by atoms with Gasteiger partial charge in [0.05, 0.1) is 0 Å². The van der Waals surface area contributed by atoms with Crippen molar-refractivity contribution in [3.8, 4) is 0 Å². The van der Waals surface area contributed by atoms with E-state index in [0.29, 0.717) is 0 Å². The molecule has 0 spiro atoms. The predicted octanol–water partition coefficient (Wildman–Crippen LogP) is -4.45. The molecule has 0 amide bonds. The summed E-state index contributed by atoms with van der Waals surface area (Å²) >= 11 is 3.47. The summed E-state index contributed by atoms with van der Waals surface area (Å²) in [5, 5.41) is 0. The molecule has 0 bridgehead atoms. The molecule has 12 N–H and O–H groups in total. The third-order valence-electron chi connectivity index (χ3n) is 0. The van der Waals surface area contributed by atoms with Gasteiger partial charge in [0.1, 0.15) is 0 Å². The van der Waals surface area contributed by atoms with Gasteiger partial charge >= 0.3 is 29.6 Å². The smallest absolute Gasteiger partial charge is 0 e. The molecule has 0 aliphatic rings. The number of rotatable bonds is 0. The van der Waals surface area contributed by atoms with Gasteiger partial charge in [-0.3, -0.25) is 9.11 Å². The summed E-state index contributed by atoms with van der Waals surface area (Å²) in [7, 11) is -3.83. The quantitative estimate of drug-likeness (QED) is 0.411. The van der Waals surface area contributed by atoms with Gasteiger partial charge in [-0.2, -0.15) is 4.21 Å². The molecule has 0 saturated carbocycles. The second-order valence-electron chi connectivity index (χ2n) is 0.448. The van der Waals surface area contributed by atoms with Gasteiger partial charge in [0.15, 0.2) is 0 Å². The predicted molar refractivity (Wildman–Crippen MR) is 53.6 cm³/mol. The second-order valence-corrected chi connectivity index (χ2v) is 2.65. The SMILES string of the molecule is O.O.O.O.O.O=S(O)(O)=S.[NaH].[S]. The van der Waals surface area contributed by atoms with Crippen LogP contribution in [0.3, 0.4) is 0 Å². The molecule has 0 aromatic carbocycles. The van der Waals surface area contributed by atoms with Crippen molar-refractivity contribution in [2.45, 2.75) is 0 Å². The first kappa shape index (κ1) is 70.3. The minimum absolute atomic E-state index is 0. The third kappa shape index (κ3) is 601. The van der Waals surface area contributed by atoms with Crippen molar-refractivity contribution in [3.05, 3.63) is 0 Å². The zero-order valence-electron chi connectivity index (χ0n) is 5.03. The van der Waals surface area contributed by atoms with Gasteiger partial charge in [-0.05, 0) is 0 Å². The Labute approximate surface area is 103 Å². The van der Waals surface area contributed by atoms with Crippen LogP contribution >= 0.6 is 13.5 Å². The minimum Gasteiger partial charge on any atom is 0 e. The molecule has 0 aliphatic heterocycles. The van der Waals surface area contributed by atoms with Crippen molar-refractivity contribution < 1.29 is 40.7 Å². The molecular weight excluding hydrogens is 247 g/mol. The Morgan fingerprint density at radius 1 is 0.917 bits per heavy atom. The first-order chi connectivity index (χ1) is 2.00. The van der Waals surface area contributed by atoms with E-state index >= 15 is 0 Å². The van der Waals surface area contributed by atoms with Crippen LogP contribution in [0.5, 0.6) is 0 Å². The Morgan fingerprint density at radius 2 is 0.917 bits per heavy atom. The molecule has 0 saturated heterocycles. The van der Waals surface area contributed by atoms with Crippen LogP contribution < -0.4 is 0 Å². The molecule has 80 valence electrons. The molecule has 0 atom stereocenters. The Hall–Kier alpha value is 1.44. The molecule has 0 aromatic rings. The van der Waals surface area contributed by atoms with Crippen LogP contribution in [0.15, 0.2) is 0 Å². The Bertz CT molecular complexity index is 97.5. The fourth-order valence-corrected chi connectivity index (χ4v) is 0. The van der Waals surface area contributed by atoms with Gasteiger partial charge in [-0.15, -0.1) is 0 Å². The van der Waals surface area contributed by atoms with Crippen LogP contribution in [0, 0.1) is 0 Å². The molecule has 0 heterocycles. The van der Waals surface area contributed by atoms with Crippen LogP contribution in [0.4, 0.5) is 0 Å². The molecule has 2 radical (unpaired) electrons. The van der Waals surface area contributed by atoms with E-state index in [4.69, 9.17) is 13.3 Å². The van der Waals surface area contributed by atoms with Crippen LogP contribution in [-0.2, 0) is 20.2 Å². The molecule has 0 rings (SSSR count). The van der Waals surface area contributed by atoms with Crippen LogP contribution in [0.2, 0.25) is 0 Å². The van der Waals surface area contributed by atoms with E-state index in [0.717, 1.165) is 0 Å². The molecule has 0 aliphatic carbocycles. The van der Waals surface area contributed by atoms with Gasteiger partial charge in [0.2, 0.25) is 0 Å². The zero-order chi connectivity index (χ0) is 4.50. The molecule has 0 aromatic heterocycles. The Balaban J connectivity index is -0.00000000381. The normalized spacial score (nSPS) is 4.83. The summed E-state index contributed by atoms with van der Waals surface area (Å²) in [5.41, 5.74) is 0. The van der Waals surface area contributed by atoms with E-state index in [9.17, 15) is 0 Å². The van der Waals surface area contributed by atoms with Crippen molar-refractivity contribution >= 4 is 63.3 Å². The van der Waals surface area contributed by atoms with E-state index in [1.54, 1.807) is 0 Å². The largest absolute Gasteiger partial charge is 0 e. The Kier molecular flexibility index (Phi) is 172. The monoisotopic (exact) mass is 260 g/mol. The van der Waals surface area contributed by atoms with Gasteiger partial charge in [0.25, 0.3) is 9.05 Å². The first-order valence-corrected chi connectivity index (χ1v) is 3.10. The number of hydrogen-bond donors (Lipinski definition) is 2. The maximum Gasteiger partial charge on any atom is 0 e. The average molecular weight is 260 g/mol. The maximum absolute atomic E-state index is 9.11. The van der Waals surface area contributed by atoms with E-state index in [1.165, 1.54) is 0 Å². The van der Waals surface area contributed by atoms with Crippen molar-refractivity contribution in [1.29, 1.82) is 0 Å². The summed E-state index contributed by atoms with van der Waals surface area (Å²) in [6.07, 6.45) is 0. The van der Waals surface area contributed by atoms with E-state index in [1.807, 2.05) is 0 Å². The number of hydrogen-bond acceptors (Lipinski definition) is 2. The minimum atomic E-state index is -3.83. The van der Waals surface area contributed by atoms with E-state index in [-0.39, 0.29) is 70.4 Å². The molecule has 12 heteroatoms. The first-order valence-electron chi connectivity index (χ1n) is 0.698. The van der Waals surface area contributed by atoms with Crippen LogP contribution in [-0.4, -0.2) is 70.3 Å². The molecular formula is H13NaO8S3. The molecule has 8 nitrogen and oxygen atoms in total. The van der Waals surface area contributed by atoms with Crippen molar-refractivity contribution in [3.63, 3.8) is 0 Å². The summed E-state index contributed by atoms with van der Waals surface area (Å²) < 4.78 is 24.0. The second kappa shape index (κ2) is 29.4. The summed E-state index contributed by atoms with van der Waals surface area (Å²) in [6, 6.07) is 0. The molecule has 0 fully saturated rings. The van der Waals surface area contributed by atoms with Crippen molar-refractivity contribution in [2.75, 3.05) is 0 Å². The van der Waals surface area contributed by atoms with Crippen LogP contribution in [0.25, 0.3) is 0 Å². The van der Waals surface area contributed by atoms with Gasteiger partial charge < -0.3 is 27.4 Å². The van der Waals surface area contributed by atoms with Gasteiger partial charge in [-0.25, -0.2) is 0 Å². The standard InChI is InChI=1S/Na.H2O3S2.5H2O.S.H/c;1-5(2,3)4;;;;;;;/h;(H2,1,2,3,4);5*1H2;;. The van der Waals surface area contributed by atoms with Gasteiger partial charge in [-0.1, -0.05) is 0 Å². The average Bonchev–Trinajstić information content (AvgIpc) is 0.722. The maximum atomic E-state index is 9.11. The fraction of sp³-hybridized carbons (Fsp3) is 0.